The standard InChI is InChI=1S/C10H6F3NO4/c11-10(12,13)7-5-6(2-4-9(15)16)1-3-8(7)14(17)18/h1-5H,(H,15,16)/b4-2+. The summed E-state index contributed by atoms with van der Waals surface area (Å²) in [6.07, 6.45) is -3.32. The van der Waals surface area contributed by atoms with Crippen molar-refractivity contribution in [3.63, 3.8) is 0 Å². The summed E-state index contributed by atoms with van der Waals surface area (Å²) < 4.78 is 37.6. The number of nitrogens with zero attached hydrogens (tertiary/aromatic N) is 1. The molecule has 0 aliphatic carbocycles. The third-order valence-electron chi connectivity index (χ3n) is 1.94. The lowest BCUT2D eigenvalue weighted by atomic mass is 10.1. The van der Waals surface area contributed by atoms with Gasteiger partial charge in [-0.05, 0) is 23.8 Å². The topological polar surface area (TPSA) is 80.4 Å². The van der Waals surface area contributed by atoms with Gasteiger partial charge in [0.05, 0.1) is 4.92 Å². The van der Waals surface area contributed by atoms with E-state index < -0.39 is 28.3 Å². The maximum Gasteiger partial charge on any atom is 0.423 e. The fourth-order valence-corrected chi connectivity index (χ4v) is 1.21. The third-order valence-corrected chi connectivity index (χ3v) is 1.94. The zero-order valence-electron chi connectivity index (χ0n) is 8.64. The van der Waals surface area contributed by atoms with Crippen molar-refractivity contribution in [3.05, 3.63) is 45.5 Å². The van der Waals surface area contributed by atoms with E-state index in [-0.39, 0.29) is 5.56 Å². The Labute approximate surface area is 98.3 Å². The van der Waals surface area contributed by atoms with Crippen LogP contribution in [0.1, 0.15) is 11.1 Å². The van der Waals surface area contributed by atoms with E-state index in [0.717, 1.165) is 12.1 Å². The van der Waals surface area contributed by atoms with E-state index in [1.54, 1.807) is 0 Å². The van der Waals surface area contributed by atoms with Gasteiger partial charge in [0, 0.05) is 12.1 Å². The SMILES string of the molecule is O=C(O)/C=C/c1ccc([N+](=O)[O-])c(C(F)(F)F)c1. The van der Waals surface area contributed by atoms with Crippen molar-refractivity contribution in [3.8, 4) is 0 Å². The van der Waals surface area contributed by atoms with Gasteiger partial charge in [-0.25, -0.2) is 4.79 Å². The molecule has 0 fully saturated rings. The molecule has 0 aromatic heterocycles. The molecule has 0 atom stereocenters. The zero-order chi connectivity index (χ0) is 13.9. The molecule has 1 aromatic carbocycles. The number of benzene rings is 1. The van der Waals surface area contributed by atoms with Crippen LogP contribution in [0.2, 0.25) is 0 Å². The van der Waals surface area contributed by atoms with E-state index in [1.807, 2.05) is 0 Å². The molecule has 1 rings (SSSR count). The molecule has 0 amide bonds. The Bertz CT molecular complexity index is 522. The lowest BCUT2D eigenvalue weighted by molar-refractivity contribution is -0.388. The van der Waals surface area contributed by atoms with Gasteiger partial charge < -0.3 is 5.11 Å². The number of aliphatic carboxylic acids is 1. The van der Waals surface area contributed by atoms with Crippen LogP contribution in [-0.4, -0.2) is 16.0 Å². The number of carboxylic acid groups (broad SMARTS) is 1. The molecule has 0 heterocycles. The van der Waals surface area contributed by atoms with Crippen LogP contribution in [-0.2, 0) is 11.0 Å². The van der Waals surface area contributed by atoms with Crippen LogP contribution in [0.5, 0.6) is 0 Å². The first-order valence-corrected chi connectivity index (χ1v) is 4.48. The number of nitro benzene ring substituents is 1. The van der Waals surface area contributed by atoms with Crippen LogP contribution in [0.25, 0.3) is 6.08 Å². The molecule has 18 heavy (non-hydrogen) atoms. The highest BCUT2D eigenvalue weighted by molar-refractivity contribution is 5.85. The quantitative estimate of drug-likeness (QED) is 0.515. The summed E-state index contributed by atoms with van der Waals surface area (Å²) in [5, 5.41) is 18.8. The minimum Gasteiger partial charge on any atom is -0.478 e. The molecule has 5 nitrogen and oxygen atoms in total. The molecule has 0 radical (unpaired) electrons. The van der Waals surface area contributed by atoms with Gasteiger partial charge in [-0.2, -0.15) is 13.2 Å². The molecular weight excluding hydrogens is 255 g/mol. The van der Waals surface area contributed by atoms with Crippen LogP contribution in [0.3, 0.4) is 0 Å². The molecule has 1 N–H and O–H groups in total. The predicted octanol–water partition coefficient (Wildman–Crippen LogP) is 2.71. The molecule has 1 aromatic rings. The van der Waals surface area contributed by atoms with Crippen LogP contribution >= 0.6 is 0 Å². The van der Waals surface area contributed by atoms with Gasteiger partial charge >= 0.3 is 12.1 Å². The monoisotopic (exact) mass is 261 g/mol. The van der Waals surface area contributed by atoms with Crippen LogP contribution in [0.4, 0.5) is 18.9 Å². The van der Waals surface area contributed by atoms with Gasteiger partial charge in [0.1, 0.15) is 5.56 Å². The van der Waals surface area contributed by atoms with Gasteiger partial charge in [-0.15, -0.1) is 0 Å². The average molecular weight is 261 g/mol. The fraction of sp³-hybridized carbons (Fsp3) is 0.100. The molecule has 0 aliphatic heterocycles. The largest absolute Gasteiger partial charge is 0.478 e. The second kappa shape index (κ2) is 4.86. The predicted molar refractivity (Wildman–Crippen MR) is 54.8 cm³/mol. The summed E-state index contributed by atoms with van der Waals surface area (Å²) in [6, 6.07) is 2.24. The number of halogens is 3. The minimum atomic E-state index is -4.88. The smallest absolute Gasteiger partial charge is 0.423 e. The molecule has 0 aliphatic rings. The maximum atomic E-state index is 12.5. The summed E-state index contributed by atoms with van der Waals surface area (Å²) in [5.74, 6) is -1.33. The van der Waals surface area contributed by atoms with Gasteiger partial charge in [-0.3, -0.25) is 10.1 Å². The first kappa shape index (κ1) is 13.7. The number of nitro groups is 1. The average Bonchev–Trinajstić information content (AvgIpc) is 2.24. The van der Waals surface area contributed by atoms with Gasteiger partial charge in [0.15, 0.2) is 0 Å². The summed E-state index contributed by atoms with van der Waals surface area (Å²) in [6.45, 7) is 0. The van der Waals surface area contributed by atoms with E-state index >= 15 is 0 Å². The minimum absolute atomic E-state index is 0.0877. The van der Waals surface area contributed by atoms with Gasteiger partial charge in [0.25, 0.3) is 5.69 Å². The Morgan fingerprint density at radius 1 is 1.39 bits per heavy atom. The van der Waals surface area contributed by atoms with Crippen molar-refractivity contribution in [2.45, 2.75) is 6.18 Å². The van der Waals surface area contributed by atoms with E-state index in [4.69, 9.17) is 5.11 Å². The van der Waals surface area contributed by atoms with Crippen molar-refractivity contribution in [1.82, 2.24) is 0 Å². The maximum absolute atomic E-state index is 12.5. The normalized spacial score (nSPS) is 11.7. The highest BCUT2D eigenvalue weighted by atomic mass is 19.4. The van der Waals surface area contributed by atoms with Gasteiger partial charge in [0.2, 0.25) is 0 Å². The number of rotatable bonds is 3. The second-order valence-electron chi connectivity index (χ2n) is 3.20. The van der Waals surface area contributed by atoms with Crippen molar-refractivity contribution in [2.75, 3.05) is 0 Å². The summed E-state index contributed by atoms with van der Waals surface area (Å²) in [5.41, 5.74) is -2.58. The van der Waals surface area contributed by atoms with E-state index in [9.17, 15) is 28.1 Å². The number of alkyl halides is 3. The first-order valence-electron chi connectivity index (χ1n) is 4.48. The Morgan fingerprint density at radius 2 is 2.00 bits per heavy atom. The van der Waals surface area contributed by atoms with E-state index in [2.05, 4.69) is 0 Å². The van der Waals surface area contributed by atoms with Crippen molar-refractivity contribution in [1.29, 1.82) is 0 Å². The lowest BCUT2D eigenvalue weighted by Crippen LogP contribution is -2.09. The van der Waals surface area contributed by atoms with Gasteiger partial charge in [-0.1, -0.05) is 0 Å². The van der Waals surface area contributed by atoms with E-state index in [0.29, 0.717) is 18.2 Å². The Kier molecular flexibility index (Phi) is 3.70. The lowest BCUT2D eigenvalue weighted by Gasteiger charge is -2.07. The molecule has 8 heteroatoms. The summed E-state index contributed by atoms with van der Waals surface area (Å²) in [4.78, 5) is 19.5. The molecule has 0 saturated carbocycles. The summed E-state index contributed by atoms with van der Waals surface area (Å²) in [7, 11) is 0. The zero-order valence-corrected chi connectivity index (χ0v) is 8.64. The number of carboxylic acids is 1. The van der Waals surface area contributed by atoms with Crippen molar-refractivity contribution < 1.29 is 28.0 Å². The second-order valence-corrected chi connectivity index (χ2v) is 3.20. The number of carbonyl (C=O) groups is 1. The third kappa shape index (κ3) is 3.30. The first-order chi connectivity index (χ1) is 8.21. The highest BCUT2D eigenvalue weighted by Gasteiger charge is 2.38. The molecule has 96 valence electrons. The molecular formula is C10H6F3NO4. The highest BCUT2D eigenvalue weighted by Crippen LogP contribution is 2.36. The molecule has 0 unspecified atom stereocenters. The molecule has 0 bridgehead atoms. The number of hydrogen-bond donors (Lipinski definition) is 1. The molecule has 0 saturated heterocycles. The van der Waals surface area contributed by atoms with Crippen LogP contribution in [0.15, 0.2) is 24.3 Å². The number of hydrogen-bond acceptors (Lipinski definition) is 3. The molecule has 0 spiro atoms. The summed E-state index contributed by atoms with van der Waals surface area (Å²) >= 11 is 0. The van der Waals surface area contributed by atoms with Crippen molar-refractivity contribution in [2.24, 2.45) is 0 Å². The Balaban J connectivity index is 3.30. The Morgan fingerprint density at radius 3 is 2.44 bits per heavy atom. The fourth-order valence-electron chi connectivity index (χ4n) is 1.21. The van der Waals surface area contributed by atoms with E-state index in [1.165, 1.54) is 0 Å². The van der Waals surface area contributed by atoms with Crippen molar-refractivity contribution >= 4 is 17.7 Å². The Hall–Kier alpha value is -2.38. The van der Waals surface area contributed by atoms with Crippen LogP contribution in [0, 0.1) is 10.1 Å². The van der Waals surface area contributed by atoms with Crippen LogP contribution < -0.4 is 0 Å².